The second-order valence-electron chi connectivity index (χ2n) is 5.49. The van der Waals surface area contributed by atoms with Crippen LogP contribution in [-0.2, 0) is 4.79 Å². The van der Waals surface area contributed by atoms with Gasteiger partial charge in [0, 0.05) is 12.1 Å². The first-order valence-corrected chi connectivity index (χ1v) is 9.05. The lowest BCUT2D eigenvalue weighted by molar-refractivity contribution is -0.122. The molecule has 1 saturated heterocycles. The van der Waals surface area contributed by atoms with Crippen molar-refractivity contribution < 1.29 is 14.3 Å². The average molecular weight is 368 g/mol. The molecule has 0 radical (unpaired) electrons. The zero-order chi connectivity index (χ0) is 18.5. The Morgan fingerprint density at radius 2 is 1.81 bits per heavy atom. The molecule has 0 spiro atoms. The quantitative estimate of drug-likeness (QED) is 0.737. The predicted octanol–water partition coefficient (Wildman–Crippen LogP) is 4.33. The third-order valence-corrected chi connectivity index (χ3v) is 4.93. The third kappa shape index (κ3) is 3.75. The van der Waals surface area contributed by atoms with Gasteiger partial charge < -0.3 is 9.47 Å². The summed E-state index contributed by atoms with van der Waals surface area (Å²) in [5, 5.41) is 0.670. The highest BCUT2D eigenvalue weighted by molar-refractivity contribution is 8.18. The van der Waals surface area contributed by atoms with Crippen LogP contribution in [0.3, 0.4) is 0 Å². The van der Waals surface area contributed by atoms with Gasteiger partial charge in [-0.15, -0.1) is 0 Å². The smallest absolute Gasteiger partial charge is 0.266 e. The van der Waals surface area contributed by atoms with Crippen molar-refractivity contribution in [2.45, 2.75) is 6.92 Å². The molecule has 134 valence electrons. The Balaban J connectivity index is 1.92. The fourth-order valence-corrected chi connectivity index (χ4v) is 3.62. The molecule has 1 heterocycles. The molecule has 5 nitrogen and oxygen atoms in total. The molecular formula is C20H20N2O3S. The number of nitrogens with zero attached hydrogens (tertiary/aromatic N) is 2. The van der Waals surface area contributed by atoms with E-state index in [1.807, 2.05) is 61.5 Å². The molecule has 1 amide bonds. The molecular weight excluding hydrogens is 348 g/mol. The molecule has 0 saturated carbocycles. The van der Waals surface area contributed by atoms with Crippen molar-refractivity contribution in [3.8, 4) is 11.5 Å². The van der Waals surface area contributed by atoms with Crippen LogP contribution in [0.2, 0.25) is 0 Å². The topological polar surface area (TPSA) is 51.1 Å². The summed E-state index contributed by atoms with van der Waals surface area (Å²) in [5.74, 6) is 1.46. The normalized spacial score (nSPS) is 17.2. The maximum absolute atomic E-state index is 12.7. The molecule has 0 aliphatic carbocycles. The van der Waals surface area contributed by atoms with Crippen molar-refractivity contribution >= 4 is 34.6 Å². The summed E-state index contributed by atoms with van der Waals surface area (Å²) in [4.78, 5) is 19.7. The zero-order valence-corrected chi connectivity index (χ0v) is 15.7. The highest BCUT2D eigenvalue weighted by Gasteiger charge is 2.32. The van der Waals surface area contributed by atoms with Crippen LogP contribution in [-0.4, -0.2) is 36.7 Å². The number of methoxy groups -OCH3 is 2. The molecule has 2 aromatic rings. The number of aliphatic imine (C=N–C) groups is 1. The third-order valence-electron chi connectivity index (χ3n) is 3.93. The summed E-state index contributed by atoms with van der Waals surface area (Å²) in [6.45, 7) is 2.50. The van der Waals surface area contributed by atoms with E-state index >= 15 is 0 Å². The van der Waals surface area contributed by atoms with E-state index in [4.69, 9.17) is 9.47 Å². The second-order valence-corrected chi connectivity index (χ2v) is 6.50. The lowest BCUT2D eigenvalue weighted by atomic mass is 10.2. The molecule has 0 unspecified atom stereocenters. The molecule has 0 aromatic heterocycles. The van der Waals surface area contributed by atoms with Crippen LogP contribution in [0.1, 0.15) is 12.5 Å². The monoisotopic (exact) mass is 368 g/mol. The number of para-hydroxylation sites is 1. The van der Waals surface area contributed by atoms with Gasteiger partial charge in [0.1, 0.15) is 11.5 Å². The lowest BCUT2D eigenvalue weighted by Gasteiger charge is -2.12. The number of hydrogen-bond donors (Lipinski definition) is 0. The number of amidine groups is 1. The number of rotatable bonds is 5. The van der Waals surface area contributed by atoms with Crippen LogP contribution in [0.4, 0.5) is 5.69 Å². The van der Waals surface area contributed by atoms with Gasteiger partial charge in [0.2, 0.25) is 0 Å². The van der Waals surface area contributed by atoms with Crippen LogP contribution in [0.15, 0.2) is 58.4 Å². The second kappa shape index (κ2) is 8.10. The fraction of sp³-hybridized carbons (Fsp3) is 0.200. The molecule has 6 heteroatoms. The van der Waals surface area contributed by atoms with Gasteiger partial charge in [-0.3, -0.25) is 9.69 Å². The largest absolute Gasteiger partial charge is 0.497 e. The summed E-state index contributed by atoms with van der Waals surface area (Å²) in [5.41, 5.74) is 1.64. The number of thioether (sulfide) groups is 1. The maximum Gasteiger partial charge on any atom is 0.266 e. The molecule has 1 aliphatic heterocycles. The van der Waals surface area contributed by atoms with Gasteiger partial charge >= 0.3 is 0 Å². The van der Waals surface area contributed by atoms with Crippen molar-refractivity contribution in [3.05, 3.63) is 59.0 Å². The summed E-state index contributed by atoms with van der Waals surface area (Å²) in [6, 6.07) is 15.1. The molecule has 3 rings (SSSR count). The SMILES string of the molecule is CCN1C(=O)C(=Cc2ccccc2OC)SC1=Nc1ccc(OC)cc1. The number of amides is 1. The Labute approximate surface area is 157 Å². The summed E-state index contributed by atoms with van der Waals surface area (Å²) in [7, 11) is 3.25. The Bertz CT molecular complexity index is 860. The van der Waals surface area contributed by atoms with Crippen LogP contribution in [0.5, 0.6) is 11.5 Å². The van der Waals surface area contributed by atoms with Gasteiger partial charge in [0.05, 0.1) is 24.8 Å². The van der Waals surface area contributed by atoms with Gasteiger partial charge in [0.15, 0.2) is 5.17 Å². The summed E-state index contributed by atoms with van der Waals surface area (Å²) in [6.07, 6.45) is 1.85. The molecule has 2 aromatic carbocycles. The van der Waals surface area contributed by atoms with E-state index in [0.29, 0.717) is 16.6 Å². The molecule has 1 aliphatic rings. The first kappa shape index (κ1) is 18.1. The minimum absolute atomic E-state index is 0.0457. The Morgan fingerprint density at radius 1 is 1.08 bits per heavy atom. The van der Waals surface area contributed by atoms with Crippen molar-refractivity contribution in [2.24, 2.45) is 4.99 Å². The molecule has 1 fully saturated rings. The van der Waals surface area contributed by atoms with E-state index in [9.17, 15) is 4.79 Å². The van der Waals surface area contributed by atoms with Crippen LogP contribution >= 0.6 is 11.8 Å². The van der Waals surface area contributed by atoms with Gasteiger partial charge in [-0.1, -0.05) is 18.2 Å². The molecule has 26 heavy (non-hydrogen) atoms. The van der Waals surface area contributed by atoms with Gasteiger partial charge in [0.25, 0.3) is 5.91 Å². The maximum atomic E-state index is 12.7. The Kier molecular flexibility index (Phi) is 5.63. The molecule has 0 N–H and O–H groups in total. The van der Waals surface area contributed by atoms with E-state index < -0.39 is 0 Å². The van der Waals surface area contributed by atoms with Crippen molar-refractivity contribution in [1.82, 2.24) is 4.90 Å². The van der Waals surface area contributed by atoms with Gasteiger partial charge in [-0.25, -0.2) is 4.99 Å². The minimum Gasteiger partial charge on any atom is -0.497 e. The zero-order valence-electron chi connectivity index (χ0n) is 14.9. The number of benzene rings is 2. The van der Waals surface area contributed by atoms with Crippen molar-refractivity contribution in [3.63, 3.8) is 0 Å². The molecule has 0 atom stereocenters. The fourth-order valence-electron chi connectivity index (χ4n) is 2.56. The van der Waals surface area contributed by atoms with Crippen molar-refractivity contribution in [2.75, 3.05) is 20.8 Å². The van der Waals surface area contributed by atoms with E-state index in [2.05, 4.69) is 4.99 Å². The highest BCUT2D eigenvalue weighted by atomic mass is 32.2. The molecule has 0 bridgehead atoms. The number of carbonyl (C=O) groups excluding carboxylic acids is 1. The minimum atomic E-state index is -0.0457. The van der Waals surface area contributed by atoms with Crippen LogP contribution < -0.4 is 9.47 Å². The predicted molar refractivity (Wildman–Crippen MR) is 106 cm³/mol. The van der Waals surface area contributed by atoms with E-state index in [-0.39, 0.29) is 5.91 Å². The summed E-state index contributed by atoms with van der Waals surface area (Å²) < 4.78 is 10.5. The van der Waals surface area contributed by atoms with E-state index in [1.54, 1.807) is 19.1 Å². The van der Waals surface area contributed by atoms with E-state index in [1.165, 1.54) is 11.8 Å². The first-order valence-electron chi connectivity index (χ1n) is 8.23. The number of likely N-dealkylation sites (N-methyl/N-ethyl adjacent to an activating group) is 1. The first-order chi connectivity index (χ1) is 12.7. The number of ether oxygens (including phenoxy) is 2. The van der Waals surface area contributed by atoms with Gasteiger partial charge in [-0.05, 0) is 55.1 Å². The van der Waals surface area contributed by atoms with Gasteiger partial charge in [-0.2, -0.15) is 0 Å². The van der Waals surface area contributed by atoms with Crippen molar-refractivity contribution in [1.29, 1.82) is 0 Å². The van der Waals surface area contributed by atoms with Crippen LogP contribution in [0, 0.1) is 0 Å². The van der Waals surface area contributed by atoms with E-state index in [0.717, 1.165) is 22.7 Å². The Morgan fingerprint density at radius 3 is 2.46 bits per heavy atom. The standard InChI is InChI=1S/C20H20N2O3S/c1-4-22-19(23)18(13-14-7-5-6-8-17(14)25-3)26-20(22)21-15-9-11-16(24-2)12-10-15/h5-13H,4H2,1-3H3. The summed E-state index contributed by atoms with van der Waals surface area (Å²) >= 11 is 1.37. The number of hydrogen-bond acceptors (Lipinski definition) is 5. The number of carbonyl (C=O) groups is 1. The lowest BCUT2D eigenvalue weighted by Crippen LogP contribution is -2.28. The highest BCUT2D eigenvalue weighted by Crippen LogP contribution is 2.35. The average Bonchev–Trinajstić information content (AvgIpc) is 2.97. The Hall–Kier alpha value is -2.73. The van der Waals surface area contributed by atoms with Crippen LogP contribution in [0.25, 0.3) is 6.08 Å².